The summed E-state index contributed by atoms with van der Waals surface area (Å²) in [6.45, 7) is 0.390. The highest BCUT2D eigenvalue weighted by molar-refractivity contribution is 5.90. The normalized spacial score (nSPS) is 11.8. The maximum atomic E-state index is 12.4. The molecule has 0 aliphatic heterocycles. The lowest BCUT2D eigenvalue weighted by atomic mass is 10.2. The van der Waals surface area contributed by atoms with Gasteiger partial charge >= 0.3 is 6.03 Å². The van der Waals surface area contributed by atoms with Crippen LogP contribution in [0.4, 0.5) is 10.5 Å². The number of para-hydroxylation sites is 1. The fourth-order valence-electron chi connectivity index (χ4n) is 2.54. The Morgan fingerprint density at radius 3 is 2.67 bits per heavy atom. The van der Waals surface area contributed by atoms with Crippen molar-refractivity contribution in [2.45, 2.75) is 6.04 Å². The van der Waals surface area contributed by atoms with E-state index >= 15 is 0 Å². The van der Waals surface area contributed by atoms with E-state index in [1.807, 2.05) is 61.5 Å². The molecule has 2 N–H and O–H groups in total. The van der Waals surface area contributed by atoms with Gasteiger partial charge in [-0.25, -0.2) is 9.78 Å². The number of ether oxygens (including phenoxy) is 1. The molecule has 2 amide bonds. The van der Waals surface area contributed by atoms with Gasteiger partial charge in [0, 0.05) is 12.7 Å². The van der Waals surface area contributed by atoms with Crippen molar-refractivity contribution in [1.29, 1.82) is 0 Å². The van der Waals surface area contributed by atoms with Crippen molar-refractivity contribution in [3.8, 4) is 11.6 Å². The van der Waals surface area contributed by atoms with Crippen molar-refractivity contribution >= 4 is 11.7 Å². The van der Waals surface area contributed by atoms with Gasteiger partial charge in [-0.05, 0) is 50.5 Å². The van der Waals surface area contributed by atoms with E-state index in [0.29, 0.717) is 23.9 Å². The van der Waals surface area contributed by atoms with Crippen LogP contribution in [0.2, 0.25) is 0 Å². The monoisotopic (exact) mass is 366 g/mol. The molecule has 140 valence electrons. The van der Waals surface area contributed by atoms with Crippen molar-refractivity contribution in [3.63, 3.8) is 0 Å². The van der Waals surface area contributed by atoms with Crippen molar-refractivity contribution in [2.75, 3.05) is 26.0 Å². The van der Waals surface area contributed by atoms with Gasteiger partial charge < -0.3 is 19.8 Å². The Balaban J connectivity index is 1.62. The molecule has 3 rings (SSSR count). The smallest absolute Gasteiger partial charge is 0.319 e. The van der Waals surface area contributed by atoms with E-state index in [-0.39, 0.29) is 12.1 Å². The second kappa shape index (κ2) is 8.86. The third kappa shape index (κ3) is 5.08. The summed E-state index contributed by atoms with van der Waals surface area (Å²) in [5.74, 6) is 1.76. The number of amides is 2. The van der Waals surface area contributed by atoms with Gasteiger partial charge in [-0.1, -0.05) is 18.2 Å². The highest BCUT2D eigenvalue weighted by Crippen LogP contribution is 2.26. The van der Waals surface area contributed by atoms with E-state index < -0.39 is 0 Å². The molecule has 0 unspecified atom stereocenters. The Morgan fingerprint density at radius 1 is 1.15 bits per heavy atom. The van der Waals surface area contributed by atoms with E-state index in [1.54, 1.807) is 24.6 Å². The van der Waals surface area contributed by atoms with Crippen LogP contribution in [0.15, 0.2) is 71.5 Å². The third-order valence-corrected chi connectivity index (χ3v) is 3.93. The van der Waals surface area contributed by atoms with Crippen LogP contribution in [0.5, 0.6) is 11.6 Å². The molecular weight excluding hydrogens is 344 g/mol. The second-order valence-corrected chi connectivity index (χ2v) is 6.10. The number of urea groups is 1. The quantitative estimate of drug-likeness (QED) is 0.663. The number of anilines is 1. The summed E-state index contributed by atoms with van der Waals surface area (Å²) in [5, 5.41) is 5.64. The average molecular weight is 366 g/mol. The first-order valence-electron chi connectivity index (χ1n) is 8.56. The number of carbonyl (C=O) groups excluding carboxylic acids is 1. The van der Waals surface area contributed by atoms with E-state index in [1.165, 1.54) is 0 Å². The number of nitrogens with one attached hydrogen (secondary N) is 2. The van der Waals surface area contributed by atoms with Crippen molar-refractivity contribution in [1.82, 2.24) is 15.2 Å². The van der Waals surface area contributed by atoms with Gasteiger partial charge in [0.2, 0.25) is 5.88 Å². The van der Waals surface area contributed by atoms with Crippen LogP contribution in [-0.4, -0.2) is 36.6 Å². The first-order valence-corrected chi connectivity index (χ1v) is 8.56. The number of carbonyl (C=O) groups is 1. The molecule has 2 heterocycles. The Morgan fingerprint density at radius 2 is 1.96 bits per heavy atom. The molecule has 0 fully saturated rings. The Kier molecular flexibility index (Phi) is 6.06. The molecule has 1 atom stereocenters. The van der Waals surface area contributed by atoms with Gasteiger partial charge in [0.05, 0.1) is 12.3 Å². The molecule has 1 aromatic carbocycles. The van der Waals surface area contributed by atoms with Gasteiger partial charge in [0.15, 0.2) is 0 Å². The minimum Gasteiger partial charge on any atom is -0.468 e. The molecule has 0 aliphatic carbocycles. The van der Waals surface area contributed by atoms with Crippen LogP contribution in [0.1, 0.15) is 11.8 Å². The molecule has 0 radical (unpaired) electrons. The van der Waals surface area contributed by atoms with Gasteiger partial charge in [0.1, 0.15) is 17.2 Å². The maximum absolute atomic E-state index is 12.4. The molecule has 7 nitrogen and oxygen atoms in total. The molecule has 0 bridgehead atoms. The molecule has 0 spiro atoms. The summed E-state index contributed by atoms with van der Waals surface area (Å²) in [6, 6.07) is 16.1. The number of rotatable bonds is 7. The summed E-state index contributed by atoms with van der Waals surface area (Å²) < 4.78 is 11.2. The summed E-state index contributed by atoms with van der Waals surface area (Å²) in [4.78, 5) is 18.5. The predicted molar refractivity (Wildman–Crippen MR) is 103 cm³/mol. The highest BCUT2D eigenvalue weighted by atomic mass is 16.5. The number of pyridine rings is 1. The zero-order chi connectivity index (χ0) is 19.1. The highest BCUT2D eigenvalue weighted by Gasteiger charge is 2.18. The number of hydrogen-bond acceptors (Lipinski definition) is 5. The summed E-state index contributed by atoms with van der Waals surface area (Å²) in [7, 11) is 3.86. The average Bonchev–Trinajstić information content (AvgIpc) is 3.18. The van der Waals surface area contributed by atoms with E-state index in [4.69, 9.17) is 9.15 Å². The number of benzene rings is 1. The number of furan rings is 1. The molecule has 3 aromatic rings. The third-order valence-electron chi connectivity index (χ3n) is 3.93. The van der Waals surface area contributed by atoms with E-state index in [0.717, 1.165) is 5.76 Å². The van der Waals surface area contributed by atoms with Gasteiger partial charge in [-0.2, -0.15) is 0 Å². The Hall–Kier alpha value is -3.32. The summed E-state index contributed by atoms with van der Waals surface area (Å²) in [6.07, 6.45) is 3.23. The first kappa shape index (κ1) is 18.5. The topological polar surface area (TPSA) is 79.6 Å². The summed E-state index contributed by atoms with van der Waals surface area (Å²) >= 11 is 0. The fraction of sp³-hybridized carbons (Fsp3) is 0.200. The molecule has 2 aromatic heterocycles. The molecule has 0 aliphatic rings. The lowest BCUT2D eigenvalue weighted by Gasteiger charge is -2.22. The fourth-order valence-corrected chi connectivity index (χ4v) is 2.54. The van der Waals surface area contributed by atoms with Crippen LogP contribution in [0, 0.1) is 0 Å². The molecule has 0 saturated heterocycles. The zero-order valence-corrected chi connectivity index (χ0v) is 15.3. The minimum absolute atomic E-state index is 0.0697. The molecule has 7 heteroatoms. The number of nitrogens with zero attached hydrogens (tertiary/aromatic N) is 2. The number of likely N-dealkylation sites (N-methyl/N-ethyl adjacent to an activating group) is 1. The molecule has 0 saturated carbocycles. The molecular formula is C20H22N4O3. The van der Waals surface area contributed by atoms with Crippen LogP contribution in [0.3, 0.4) is 0 Å². The minimum atomic E-state index is -0.348. The van der Waals surface area contributed by atoms with E-state index in [9.17, 15) is 4.79 Å². The number of aromatic nitrogens is 1. The Bertz CT molecular complexity index is 851. The lowest BCUT2D eigenvalue weighted by Crippen LogP contribution is -2.36. The van der Waals surface area contributed by atoms with Crippen LogP contribution < -0.4 is 15.4 Å². The van der Waals surface area contributed by atoms with Crippen LogP contribution in [-0.2, 0) is 0 Å². The van der Waals surface area contributed by atoms with Crippen molar-refractivity contribution in [2.24, 2.45) is 0 Å². The van der Waals surface area contributed by atoms with Crippen LogP contribution in [0.25, 0.3) is 0 Å². The van der Waals surface area contributed by atoms with Gasteiger partial charge in [-0.3, -0.25) is 4.90 Å². The van der Waals surface area contributed by atoms with Crippen molar-refractivity contribution < 1.29 is 13.9 Å². The van der Waals surface area contributed by atoms with Gasteiger partial charge in [-0.15, -0.1) is 0 Å². The van der Waals surface area contributed by atoms with E-state index in [2.05, 4.69) is 15.6 Å². The standard InChI is InChI=1S/C20H22N4O3/c1-24(2)17(18-11-7-13-26-18)14-22-20(25)23-16-10-6-12-21-19(16)27-15-8-4-3-5-9-15/h3-13,17H,14H2,1-2H3,(H2,22,23,25)/t17-/m1/s1. The SMILES string of the molecule is CN(C)[C@H](CNC(=O)Nc1cccnc1Oc1ccccc1)c1ccco1. The lowest BCUT2D eigenvalue weighted by molar-refractivity contribution is 0.233. The number of hydrogen-bond donors (Lipinski definition) is 2. The van der Waals surface area contributed by atoms with Crippen LogP contribution >= 0.6 is 0 Å². The summed E-state index contributed by atoms with van der Waals surface area (Å²) in [5.41, 5.74) is 0.484. The predicted octanol–water partition coefficient (Wildman–Crippen LogP) is 3.89. The van der Waals surface area contributed by atoms with Crippen molar-refractivity contribution in [3.05, 3.63) is 72.8 Å². The first-order chi connectivity index (χ1) is 13.1. The largest absolute Gasteiger partial charge is 0.468 e. The Labute approximate surface area is 158 Å². The maximum Gasteiger partial charge on any atom is 0.319 e. The zero-order valence-electron chi connectivity index (χ0n) is 15.3. The second-order valence-electron chi connectivity index (χ2n) is 6.10. The van der Waals surface area contributed by atoms with Gasteiger partial charge in [0.25, 0.3) is 0 Å². The molecule has 27 heavy (non-hydrogen) atoms.